The minimum absolute atomic E-state index is 0.0580. The number of sulfone groups is 1. The van der Waals surface area contributed by atoms with E-state index in [0.29, 0.717) is 30.1 Å². The molecular weight excluding hydrogens is 560 g/mol. The first-order chi connectivity index (χ1) is 19.8. The highest BCUT2D eigenvalue weighted by molar-refractivity contribution is 7.91. The molecule has 0 saturated heterocycles. The summed E-state index contributed by atoms with van der Waals surface area (Å²) in [5.74, 6) is -2.59. The lowest BCUT2D eigenvalue weighted by atomic mass is 10.2. The molecule has 2 N–H and O–H groups in total. The monoisotopic (exact) mass is 612 g/mol. The molecule has 42 heavy (non-hydrogen) atoms. The second-order valence-corrected chi connectivity index (χ2v) is 12.1. The van der Waals surface area contributed by atoms with Gasteiger partial charge in [0.25, 0.3) is 0 Å². The number of aliphatic carboxylic acids is 2. The first kappa shape index (κ1) is 39.0. The molecule has 11 nitrogen and oxygen atoms in total. The topological polar surface area (TPSA) is 139 Å². The lowest BCUT2D eigenvalue weighted by molar-refractivity contribution is -0.134. The number of rotatable bonds is 19. The van der Waals surface area contributed by atoms with Crippen LogP contribution in [-0.4, -0.2) is 127 Å². The van der Waals surface area contributed by atoms with E-state index in [-0.39, 0.29) is 24.4 Å². The number of urea groups is 1. The number of nitrogens with zero attached hydrogens (tertiary/aromatic N) is 4. The number of benzene rings is 1. The second-order valence-electron chi connectivity index (χ2n) is 9.96. The summed E-state index contributed by atoms with van der Waals surface area (Å²) in [6.07, 6.45) is 2.94. The Morgan fingerprint density at radius 1 is 0.738 bits per heavy atom. The summed E-state index contributed by atoms with van der Waals surface area (Å²) in [5.41, 5.74) is 0. The number of hydrogen-bond acceptors (Lipinski definition) is 7. The molecule has 0 saturated carbocycles. The maximum absolute atomic E-state index is 13.6. The van der Waals surface area contributed by atoms with E-state index in [1.807, 2.05) is 18.7 Å². The molecule has 1 aromatic rings. The van der Waals surface area contributed by atoms with Crippen molar-refractivity contribution in [1.29, 1.82) is 0 Å². The predicted molar refractivity (Wildman–Crippen MR) is 167 cm³/mol. The van der Waals surface area contributed by atoms with Gasteiger partial charge < -0.3 is 29.8 Å². The van der Waals surface area contributed by atoms with E-state index in [2.05, 4.69) is 37.5 Å². The molecule has 0 aliphatic rings. The summed E-state index contributed by atoms with van der Waals surface area (Å²) in [6.45, 7) is 20.0. The maximum atomic E-state index is 13.6. The Bertz CT molecular complexity index is 1010. The van der Waals surface area contributed by atoms with E-state index in [1.165, 1.54) is 0 Å². The quantitative estimate of drug-likeness (QED) is 0.224. The molecule has 0 aromatic heterocycles. The number of carboxylic acids is 2. The van der Waals surface area contributed by atoms with E-state index in [0.717, 1.165) is 52.1 Å². The molecule has 0 unspecified atom stereocenters. The minimum Gasteiger partial charge on any atom is -0.478 e. The van der Waals surface area contributed by atoms with Crippen LogP contribution in [0.1, 0.15) is 54.4 Å². The number of carbonyl (C=O) groups is 3. The largest absolute Gasteiger partial charge is 0.478 e. The molecule has 0 aliphatic heterocycles. The Balaban J connectivity index is 0.00000183. The van der Waals surface area contributed by atoms with Gasteiger partial charge in [0.2, 0.25) is 0 Å². The van der Waals surface area contributed by atoms with Gasteiger partial charge in [0.05, 0.1) is 10.6 Å². The van der Waals surface area contributed by atoms with Gasteiger partial charge in [-0.1, -0.05) is 45.9 Å². The van der Waals surface area contributed by atoms with E-state index in [1.54, 1.807) is 35.2 Å². The average Bonchev–Trinajstić information content (AvgIpc) is 2.96. The molecule has 0 spiro atoms. The molecule has 0 heterocycles. The van der Waals surface area contributed by atoms with Crippen LogP contribution in [0.2, 0.25) is 0 Å². The molecule has 0 radical (unpaired) electrons. The van der Waals surface area contributed by atoms with Gasteiger partial charge in [-0.15, -0.1) is 0 Å². The van der Waals surface area contributed by atoms with Gasteiger partial charge in [-0.2, -0.15) is 0 Å². The first-order valence-corrected chi connectivity index (χ1v) is 16.4. The van der Waals surface area contributed by atoms with Crippen molar-refractivity contribution in [3.05, 3.63) is 42.5 Å². The van der Waals surface area contributed by atoms with Crippen molar-refractivity contribution < 1.29 is 33.0 Å². The summed E-state index contributed by atoms with van der Waals surface area (Å²) in [5, 5.41) is 15.6. The third-order valence-electron chi connectivity index (χ3n) is 6.80. The molecule has 12 heteroatoms. The summed E-state index contributed by atoms with van der Waals surface area (Å²) in [7, 11) is -3.44. The normalized spacial score (nSPS) is 11.5. The fourth-order valence-corrected chi connectivity index (χ4v) is 5.46. The average molecular weight is 613 g/mol. The van der Waals surface area contributed by atoms with Crippen LogP contribution < -0.4 is 0 Å². The van der Waals surface area contributed by atoms with Crippen molar-refractivity contribution in [3.8, 4) is 0 Å². The van der Waals surface area contributed by atoms with Crippen LogP contribution in [-0.2, 0) is 19.4 Å². The van der Waals surface area contributed by atoms with E-state index in [4.69, 9.17) is 10.2 Å². The molecule has 0 bridgehead atoms. The van der Waals surface area contributed by atoms with Crippen LogP contribution in [0, 0.1) is 0 Å². The van der Waals surface area contributed by atoms with Crippen molar-refractivity contribution in [2.75, 3.05) is 64.7 Å². The Hall–Kier alpha value is -2.96. The van der Waals surface area contributed by atoms with Gasteiger partial charge in [0.15, 0.2) is 9.84 Å². The summed E-state index contributed by atoms with van der Waals surface area (Å²) < 4.78 is 25.6. The molecule has 0 atom stereocenters. The summed E-state index contributed by atoms with van der Waals surface area (Å²) >= 11 is 0. The highest BCUT2D eigenvalue weighted by Gasteiger charge is 2.25. The lowest BCUT2D eigenvalue weighted by Gasteiger charge is -2.34. The second kappa shape index (κ2) is 21.7. The summed E-state index contributed by atoms with van der Waals surface area (Å²) in [6, 6.07) is 8.35. The van der Waals surface area contributed by atoms with Gasteiger partial charge in [-0.05, 0) is 78.1 Å². The Morgan fingerprint density at radius 2 is 1.17 bits per heavy atom. The summed E-state index contributed by atoms with van der Waals surface area (Å²) in [4.78, 5) is 41.4. The van der Waals surface area contributed by atoms with E-state index in [9.17, 15) is 22.8 Å². The molecule has 1 rings (SSSR count). The third-order valence-corrected chi connectivity index (χ3v) is 8.52. The Labute approximate surface area is 252 Å². The fourth-order valence-electron chi connectivity index (χ4n) is 4.22. The third kappa shape index (κ3) is 16.5. The highest BCUT2D eigenvalue weighted by atomic mass is 32.2. The number of hydrogen-bond donors (Lipinski definition) is 2. The van der Waals surface area contributed by atoms with Gasteiger partial charge >= 0.3 is 18.0 Å². The zero-order chi connectivity index (χ0) is 32.1. The van der Waals surface area contributed by atoms with Crippen LogP contribution >= 0.6 is 0 Å². The predicted octanol–water partition coefficient (Wildman–Crippen LogP) is 3.77. The molecule has 2 amide bonds. The van der Waals surface area contributed by atoms with Gasteiger partial charge in [0.1, 0.15) is 0 Å². The van der Waals surface area contributed by atoms with E-state index < -0.39 is 21.8 Å². The van der Waals surface area contributed by atoms with Crippen LogP contribution in [0.25, 0.3) is 0 Å². The zero-order valence-corrected chi connectivity index (χ0v) is 27.1. The molecule has 1 aromatic carbocycles. The van der Waals surface area contributed by atoms with Crippen LogP contribution in [0.3, 0.4) is 0 Å². The smallest absolute Gasteiger partial charge is 0.328 e. The van der Waals surface area contributed by atoms with Crippen LogP contribution in [0.15, 0.2) is 47.4 Å². The minimum atomic E-state index is -3.44. The van der Waals surface area contributed by atoms with Crippen LogP contribution in [0.4, 0.5) is 4.79 Å². The first-order valence-electron chi connectivity index (χ1n) is 14.7. The van der Waals surface area contributed by atoms with Crippen molar-refractivity contribution in [3.63, 3.8) is 0 Å². The fraction of sp³-hybridized carbons (Fsp3) is 0.633. The highest BCUT2D eigenvalue weighted by Crippen LogP contribution is 2.13. The molecule has 240 valence electrons. The van der Waals surface area contributed by atoms with Crippen molar-refractivity contribution in [2.24, 2.45) is 0 Å². The number of carbonyl (C=O) groups excluding carboxylic acids is 1. The van der Waals surface area contributed by atoms with Gasteiger partial charge in [-0.25, -0.2) is 22.8 Å². The standard InChI is InChI=1S/C26H48N4O3S.C4H4O4/c1-7-27(8-2)18-14-20-29(21-15-19-28(9-3)10-4)26(31)30(24(5)6)22-23-34(32,33)25-16-12-11-13-17-25;5-3(6)1-2-4(7)8/h11-13,16-17,24H,7-10,14-15,18-23H2,1-6H3;1-2H,(H,5,6)(H,7,8). The number of carboxylic acid groups (broad SMARTS) is 2. The maximum Gasteiger partial charge on any atom is 0.328 e. The Kier molecular flexibility index (Phi) is 20.2. The lowest BCUT2D eigenvalue weighted by Crippen LogP contribution is -2.49. The van der Waals surface area contributed by atoms with Gasteiger partial charge in [-0.3, -0.25) is 0 Å². The van der Waals surface area contributed by atoms with Crippen LogP contribution in [0.5, 0.6) is 0 Å². The zero-order valence-electron chi connectivity index (χ0n) is 26.2. The molecule has 0 fully saturated rings. The molecule has 0 aliphatic carbocycles. The van der Waals surface area contributed by atoms with Crippen molar-refractivity contribution in [1.82, 2.24) is 19.6 Å². The number of amides is 2. The van der Waals surface area contributed by atoms with E-state index >= 15 is 0 Å². The molecular formula is C30H52N4O7S. The van der Waals surface area contributed by atoms with Crippen molar-refractivity contribution in [2.45, 2.75) is 65.3 Å². The SMILES string of the molecule is CCN(CC)CCCN(CCCN(CC)CC)C(=O)N(CCS(=O)(=O)c1ccccc1)C(C)C.O=C(O)C=CC(=O)O. The van der Waals surface area contributed by atoms with Gasteiger partial charge in [0, 0.05) is 37.8 Å². The van der Waals surface area contributed by atoms with Crippen molar-refractivity contribution >= 4 is 27.8 Å². The Morgan fingerprint density at radius 3 is 1.52 bits per heavy atom.